The van der Waals surface area contributed by atoms with Gasteiger partial charge >= 0.3 is 5.97 Å². The summed E-state index contributed by atoms with van der Waals surface area (Å²) in [6.45, 7) is 3.01. The molecule has 1 aromatic heterocycles. The molecule has 0 aromatic carbocycles. The van der Waals surface area contributed by atoms with Gasteiger partial charge in [0.15, 0.2) is 0 Å². The third-order valence-electron chi connectivity index (χ3n) is 3.53. The number of thiophene rings is 1. The van der Waals surface area contributed by atoms with Gasteiger partial charge in [-0.1, -0.05) is 6.92 Å². The second-order valence-corrected chi connectivity index (χ2v) is 5.44. The second-order valence-electron chi connectivity index (χ2n) is 4.45. The van der Waals surface area contributed by atoms with Crippen LogP contribution in [0.25, 0.3) is 0 Å². The third kappa shape index (κ3) is 2.28. The first-order chi connectivity index (χ1) is 7.65. The molecule has 4 heteroatoms. The van der Waals surface area contributed by atoms with E-state index in [-0.39, 0.29) is 0 Å². The number of rotatable bonds is 5. The van der Waals surface area contributed by atoms with Gasteiger partial charge in [0.05, 0.1) is 5.56 Å². The average molecular weight is 239 g/mol. The van der Waals surface area contributed by atoms with Crippen molar-refractivity contribution in [2.24, 2.45) is 0 Å². The van der Waals surface area contributed by atoms with Gasteiger partial charge in [-0.3, -0.25) is 0 Å². The van der Waals surface area contributed by atoms with Crippen molar-refractivity contribution in [3.8, 4) is 0 Å². The van der Waals surface area contributed by atoms with Crippen molar-refractivity contribution in [3.05, 3.63) is 21.9 Å². The zero-order chi connectivity index (χ0) is 11.6. The lowest BCUT2D eigenvalue weighted by Crippen LogP contribution is -2.49. The van der Waals surface area contributed by atoms with E-state index in [9.17, 15) is 4.79 Å². The number of aromatic carboxylic acids is 1. The van der Waals surface area contributed by atoms with E-state index >= 15 is 0 Å². The second kappa shape index (κ2) is 4.55. The van der Waals surface area contributed by atoms with Crippen LogP contribution < -0.4 is 5.32 Å². The number of carboxylic acids is 1. The van der Waals surface area contributed by atoms with Crippen LogP contribution in [0.15, 0.2) is 11.4 Å². The summed E-state index contributed by atoms with van der Waals surface area (Å²) >= 11 is 1.52. The minimum absolute atomic E-state index is 0.327. The highest BCUT2D eigenvalue weighted by Crippen LogP contribution is 2.35. The summed E-state index contributed by atoms with van der Waals surface area (Å²) in [5.74, 6) is -0.837. The molecule has 0 atom stereocenters. The summed E-state index contributed by atoms with van der Waals surface area (Å²) in [4.78, 5) is 11.8. The fraction of sp³-hybridized carbons (Fsp3) is 0.583. The molecule has 1 heterocycles. The molecule has 1 aliphatic carbocycles. The molecule has 0 radical (unpaired) electrons. The predicted molar refractivity (Wildman–Crippen MR) is 65.0 cm³/mol. The van der Waals surface area contributed by atoms with Gasteiger partial charge < -0.3 is 10.4 Å². The summed E-state index contributed by atoms with van der Waals surface area (Å²) in [6.07, 6.45) is 4.97. The van der Waals surface area contributed by atoms with Gasteiger partial charge in [0.2, 0.25) is 0 Å². The minimum atomic E-state index is -0.837. The van der Waals surface area contributed by atoms with Crippen molar-refractivity contribution in [3.63, 3.8) is 0 Å². The summed E-state index contributed by atoms with van der Waals surface area (Å²) in [5, 5.41) is 14.1. The largest absolute Gasteiger partial charge is 0.478 e. The van der Waals surface area contributed by atoms with Gasteiger partial charge in [0, 0.05) is 22.3 Å². The first-order valence-electron chi connectivity index (χ1n) is 5.71. The lowest BCUT2D eigenvalue weighted by molar-refractivity contribution is 0.0697. The maximum Gasteiger partial charge on any atom is 0.336 e. The van der Waals surface area contributed by atoms with Crippen molar-refractivity contribution < 1.29 is 9.90 Å². The van der Waals surface area contributed by atoms with Crippen LogP contribution in [0, 0.1) is 0 Å². The molecule has 88 valence electrons. The number of carboxylic acid groups (broad SMARTS) is 1. The van der Waals surface area contributed by atoms with Crippen molar-refractivity contribution in [1.82, 2.24) is 5.32 Å². The number of nitrogens with one attached hydrogen (secondary N) is 1. The molecule has 0 saturated heterocycles. The highest BCUT2D eigenvalue weighted by molar-refractivity contribution is 7.10. The Morgan fingerprint density at radius 3 is 2.81 bits per heavy atom. The maximum absolute atomic E-state index is 10.7. The predicted octanol–water partition coefficient (Wildman–Crippen LogP) is 2.87. The topological polar surface area (TPSA) is 49.3 Å². The van der Waals surface area contributed by atoms with Gasteiger partial charge in [-0.05, 0) is 31.7 Å². The van der Waals surface area contributed by atoms with Gasteiger partial charge in [0.1, 0.15) is 0 Å². The van der Waals surface area contributed by atoms with Crippen LogP contribution in [0.1, 0.15) is 47.8 Å². The standard InChI is InChI=1S/C12H17NO2S/c1-2-12(4-3-5-12)13-7-10-6-9(8-16-10)11(14)15/h6,8,13H,2-5,7H2,1H3,(H,14,15). The molecule has 0 bridgehead atoms. The Bertz CT molecular complexity index is 377. The Labute approximate surface area is 99.5 Å². The van der Waals surface area contributed by atoms with E-state index in [1.165, 1.54) is 30.6 Å². The molecule has 1 fully saturated rings. The van der Waals surface area contributed by atoms with Crippen molar-refractivity contribution in [2.75, 3.05) is 0 Å². The molecule has 1 aromatic rings. The minimum Gasteiger partial charge on any atom is -0.478 e. The smallest absolute Gasteiger partial charge is 0.336 e. The van der Waals surface area contributed by atoms with E-state index in [1.54, 1.807) is 11.4 Å². The molecule has 16 heavy (non-hydrogen) atoms. The average Bonchev–Trinajstić information content (AvgIpc) is 2.65. The molecule has 1 saturated carbocycles. The van der Waals surface area contributed by atoms with Gasteiger partial charge in [0.25, 0.3) is 0 Å². The number of hydrogen-bond donors (Lipinski definition) is 2. The summed E-state index contributed by atoms with van der Waals surface area (Å²) in [7, 11) is 0. The van der Waals surface area contributed by atoms with Crippen molar-refractivity contribution in [2.45, 2.75) is 44.7 Å². The van der Waals surface area contributed by atoms with Gasteiger partial charge in [-0.15, -0.1) is 11.3 Å². The van der Waals surface area contributed by atoms with E-state index in [0.29, 0.717) is 11.1 Å². The van der Waals surface area contributed by atoms with Crippen molar-refractivity contribution >= 4 is 17.3 Å². The molecule has 3 nitrogen and oxygen atoms in total. The molecule has 2 rings (SSSR count). The lowest BCUT2D eigenvalue weighted by atomic mass is 9.75. The van der Waals surface area contributed by atoms with Gasteiger partial charge in [-0.25, -0.2) is 4.79 Å². The fourth-order valence-corrected chi connectivity index (χ4v) is 2.92. The summed E-state index contributed by atoms with van der Waals surface area (Å²) in [6, 6.07) is 1.77. The first-order valence-corrected chi connectivity index (χ1v) is 6.59. The molecule has 0 aliphatic heterocycles. The van der Waals surface area contributed by atoms with Crippen LogP contribution >= 0.6 is 11.3 Å². The lowest BCUT2D eigenvalue weighted by Gasteiger charge is -2.42. The van der Waals surface area contributed by atoms with Crippen LogP contribution in [0.5, 0.6) is 0 Å². The van der Waals surface area contributed by atoms with Crippen LogP contribution in [0.4, 0.5) is 0 Å². The number of hydrogen-bond acceptors (Lipinski definition) is 3. The zero-order valence-electron chi connectivity index (χ0n) is 9.45. The third-order valence-corrected chi connectivity index (χ3v) is 4.46. The molecular formula is C12H17NO2S. The first kappa shape index (κ1) is 11.6. The van der Waals surface area contributed by atoms with E-state index < -0.39 is 5.97 Å². The molecule has 0 unspecified atom stereocenters. The molecule has 1 aliphatic rings. The van der Waals surface area contributed by atoms with E-state index in [2.05, 4.69) is 12.2 Å². The highest BCUT2D eigenvalue weighted by Gasteiger charge is 2.34. The van der Waals surface area contributed by atoms with Crippen LogP contribution in [-0.4, -0.2) is 16.6 Å². The van der Waals surface area contributed by atoms with Crippen LogP contribution in [-0.2, 0) is 6.54 Å². The Balaban J connectivity index is 1.91. The quantitative estimate of drug-likeness (QED) is 0.830. The Morgan fingerprint density at radius 2 is 2.38 bits per heavy atom. The monoisotopic (exact) mass is 239 g/mol. The van der Waals surface area contributed by atoms with Crippen molar-refractivity contribution in [1.29, 1.82) is 0 Å². The fourth-order valence-electron chi connectivity index (χ4n) is 2.12. The van der Waals surface area contributed by atoms with Gasteiger partial charge in [-0.2, -0.15) is 0 Å². The normalized spacial score (nSPS) is 18.1. The zero-order valence-corrected chi connectivity index (χ0v) is 10.3. The molecule has 0 amide bonds. The summed E-state index contributed by atoms with van der Waals surface area (Å²) in [5.41, 5.74) is 0.730. The van der Waals surface area contributed by atoms with E-state index in [4.69, 9.17) is 5.11 Å². The van der Waals surface area contributed by atoms with Crippen LogP contribution in [0.3, 0.4) is 0 Å². The Kier molecular flexibility index (Phi) is 3.30. The number of carbonyl (C=O) groups is 1. The molecule has 0 spiro atoms. The molecular weight excluding hydrogens is 222 g/mol. The van der Waals surface area contributed by atoms with Crippen LogP contribution in [0.2, 0.25) is 0 Å². The SMILES string of the molecule is CCC1(NCc2cc(C(=O)O)cs2)CCC1. The Hall–Kier alpha value is -0.870. The van der Waals surface area contributed by atoms with E-state index in [0.717, 1.165) is 17.8 Å². The summed E-state index contributed by atoms with van der Waals surface area (Å²) < 4.78 is 0. The highest BCUT2D eigenvalue weighted by atomic mass is 32.1. The Morgan fingerprint density at radius 1 is 1.62 bits per heavy atom. The molecule has 2 N–H and O–H groups in total. The van der Waals surface area contributed by atoms with E-state index in [1.807, 2.05) is 0 Å². The maximum atomic E-state index is 10.7.